The molecule has 29 heavy (non-hydrogen) atoms. The fourth-order valence-electron chi connectivity index (χ4n) is 3.36. The van der Waals surface area contributed by atoms with Crippen molar-refractivity contribution >= 4 is 66.5 Å². The molecule has 0 bridgehead atoms. The van der Waals surface area contributed by atoms with Gasteiger partial charge in [-0.2, -0.15) is 0 Å². The molecule has 10 heteroatoms. The highest BCUT2D eigenvalue weighted by atomic mass is 79.9. The van der Waals surface area contributed by atoms with Gasteiger partial charge in [-0.05, 0) is 24.3 Å². The van der Waals surface area contributed by atoms with Gasteiger partial charge in [-0.25, -0.2) is 13.4 Å². The number of benzene rings is 1. The molecule has 154 valence electrons. The molecule has 0 radical (unpaired) electrons. The standard InChI is InChI=1S/C19H19BrN4O3S.ClH/c1-23-6-5-15-17(23)16(19(25)24-7-9-28(26,27)10-8-24)12-21-18(15)22-14-4-2-3-13(20)11-14;/h2-6,11-12H,7-10H2,1H3,(H,21,22);1H. The number of aromatic nitrogens is 2. The Morgan fingerprint density at radius 2 is 1.93 bits per heavy atom. The molecule has 1 aliphatic heterocycles. The number of nitrogens with one attached hydrogen (secondary N) is 1. The van der Waals surface area contributed by atoms with Crippen molar-refractivity contribution in [3.05, 3.63) is 52.8 Å². The Hall–Kier alpha value is -2.10. The average molecular weight is 500 g/mol. The summed E-state index contributed by atoms with van der Waals surface area (Å²) in [5.74, 6) is 0.477. The van der Waals surface area contributed by atoms with Crippen LogP contribution in [-0.2, 0) is 16.9 Å². The minimum atomic E-state index is -3.04. The topological polar surface area (TPSA) is 84.3 Å². The zero-order chi connectivity index (χ0) is 19.9. The van der Waals surface area contributed by atoms with Gasteiger partial charge in [-0.15, -0.1) is 12.4 Å². The summed E-state index contributed by atoms with van der Waals surface area (Å²) in [6.07, 6.45) is 3.45. The van der Waals surface area contributed by atoms with E-state index in [1.165, 1.54) is 0 Å². The van der Waals surface area contributed by atoms with E-state index in [0.29, 0.717) is 11.4 Å². The van der Waals surface area contributed by atoms with E-state index in [9.17, 15) is 13.2 Å². The molecule has 0 unspecified atom stereocenters. The number of carbonyl (C=O) groups excluding carboxylic acids is 1. The molecule has 3 aromatic rings. The summed E-state index contributed by atoms with van der Waals surface area (Å²) in [4.78, 5) is 19.1. The van der Waals surface area contributed by atoms with Crippen LogP contribution in [-0.4, -0.2) is 53.4 Å². The SMILES string of the molecule is Cl.Cn1ccc2c(Nc3cccc(Br)c3)ncc(C(=O)N3CCS(=O)(=O)CC3)c21. The van der Waals surface area contributed by atoms with Crippen LogP contribution in [0.4, 0.5) is 11.5 Å². The number of sulfone groups is 1. The van der Waals surface area contributed by atoms with E-state index in [4.69, 9.17) is 0 Å². The van der Waals surface area contributed by atoms with Gasteiger partial charge in [0.05, 0.1) is 22.6 Å². The average Bonchev–Trinajstić information content (AvgIpc) is 3.04. The van der Waals surface area contributed by atoms with Crippen molar-refractivity contribution in [2.45, 2.75) is 0 Å². The summed E-state index contributed by atoms with van der Waals surface area (Å²) in [6.45, 7) is 0.427. The predicted molar refractivity (Wildman–Crippen MR) is 120 cm³/mol. The zero-order valence-electron chi connectivity index (χ0n) is 15.6. The number of carbonyl (C=O) groups is 1. The third kappa shape index (κ3) is 4.41. The van der Waals surface area contributed by atoms with Gasteiger partial charge in [0.15, 0.2) is 9.84 Å². The van der Waals surface area contributed by atoms with E-state index in [0.717, 1.165) is 21.1 Å². The Morgan fingerprint density at radius 1 is 1.21 bits per heavy atom. The van der Waals surface area contributed by atoms with Crippen LogP contribution >= 0.6 is 28.3 Å². The fourth-order valence-corrected chi connectivity index (χ4v) is 4.96. The normalized spacial score (nSPS) is 15.7. The van der Waals surface area contributed by atoms with Gasteiger partial charge in [0.25, 0.3) is 5.91 Å². The van der Waals surface area contributed by atoms with Gasteiger partial charge in [0.2, 0.25) is 0 Å². The second-order valence-corrected chi connectivity index (χ2v) is 10.0. The van der Waals surface area contributed by atoms with Crippen molar-refractivity contribution in [2.75, 3.05) is 29.9 Å². The van der Waals surface area contributed by atoms with Crippen molar-refractivity contribution in [3.8, 4) is 0 Å². The number of amides is 1. The lowest BCUT2D eigenvalue weighted by atomic mass is 10.1. The molecule has 0 spiro atoms. The smallest absolute Gasteiger partial charge is 0.257 e. The molecule has 3 heterocycles. The van der Waals surface area contributed by atoms with Crippen molar-refractivity contribution in [1.29, 1.82) is 0 Å². The molecule has 0 aliphatic carbocycles. The number of hydrogen-bond acceptors (Lipinski definition) is 5. The van der Waals surface area contributed by atoms with E-state index in [2.05, 4.69) is 26.2 Å². The van der Waals surface area contributed by atoms with Crippen molar-refractivity contribution in [2.24, 2.45) is 7.05 Å². The van der Waals surface area contributed by atoms with E-state index in [1.54, 1.807) is 11.1 Å². The van der Waals surface area contributed by atoms with E-state index in [1.807, 2.05) is 48.1 Å². The molecule has 1 amide bonds. The van der Waals surface area contributed by atoms with Crippen LogP contribution in [0.15, 0.2) is 47.2 Å². The molecule has 7 nitrogen and oxygen atoms in total. The maximum Gasteiger partial charge on any atom is 0.257 e. The second kappa shape index (κ2) is 8.33. The third-order valence-electron chi connectivity index (χ3n) is 4.86. The first-order chi connectivity index (χ1) is 13.3. The number of nitrogens with zero attached hydrogens (tertiary/aromatic N) is 3. The molecule has 1 aliphatic rings. The molecule has 4 rings (SSSR count). The Balaban J connectivity index is 0.00000240. The van der Waals surface area contributed by atoms with Crippen LogP contribution in [0.3, 0.4) is 0 Å². The number of hydrogen-bond donors (Lipinski definition) is 1. The Bertz CT molecular complexity index is 1170. The Morgan fingerprint density at radius 3 is 2.62 bits per heavy atom. The molecular formula is C19H20BrClN4O3S. The highest BCUT2D eigenvalue weighted by molar-refractivity contribution is 9.10. The molecule has 0 atom stereocenters. The van der Waals surface area contributed by atoms with Crippen LogP contribution in [0.2, 0.25) is 0 Å². The van der Waals surface area contributed by atoms with Crippen LogP contribution in [0, 0.1) is 0 Å². The number of halogens is 2. The number of fused-ring (bicyclic) bond motifs is 1. The number of rotatable bonds is 3. The Labute approximate surface area is 183 Å². The summed E-state index contributed by atoms with van der Waals surface area (Å²) in [5, 5.41) is 4.13. The predicted octanol–water partition coefficient (Wildman–Crippen LogP) is 3.37. The van der Waals surface area contributed by atoms with Crippen molar-refractivity contribution in [3.63, 3.8) is 0 Å². The fraction of sp³-hybridized carbons (Fsp3) is 0.263. The Kier molecular flexibility index (Phi) is 6.21. The maximum absolute atomic E-state index is 13.0. The van der Waals surface area contributed by atoms with E-state index in [-0.39, 0.29) is 42.9 Å². The van der Waals surface area contributed by atoms with Crippen molar-refractivity contribution < 1.29 is 13.2 Å². The maximum atomic E-state index is 13.0. The van der Waals surface area contributed by atoms with Crippen LogP contribution in [0.25, 0.3) is 10.9 Å². The summed E-state index contributed by atoms with van der Waals surface area (Å²) >= 11 is 3.45. The van der Waals surface area contributed by atoms with E-state index < -0.39 is 9.84 Å². The first-order valence-corrected chi connectivity index (χ1v) is 11.4. The zero-order valence-corrected chi connectivity index (χ0v) is 18.8. The second-order valence-electron chi connectivity index (χ2n) is 6.79. The minimum absolute atomic E-state index is 0. The largest absolute Gasteiger partial charge is 0.350 e. The van der Waals surface area contributed by atoms with Gasteiger partial charge in [0, 0.05) is 48.1 Å². The lowest BCUT2D eigenvalue weighted by Crippen LogP contribution is -2.43. The molecule has 1 N–H and O–H groups in total. The van der Waals surface area contributed by atoms with Crippen LogP contribution in [0.5, 0.6) is 0 Å². The first-order valence-electron chi connectivity index (χ1n) is 8.80. The molecule has 2 aromatic heterocycles. The first kappa shape index (κ1) is 21.6. The lowest BCUT2D eigenvalue weighted by molar-refractivity contribution is 0.0771. The molecular weight excluding hydrogens is 480 g/mol. The molecule has 1 fully saturated rings. The van der Waals surface area contributed by atoms with Gasteiger partial charge in [0.1, 0.15) is 5.82 Å². The summed E-state index contributed by atoms with van der Waals surface area (Å²) in [7, 11) is -1.17. The molecule has 1 saturated heterocycles. The molecule has 0 saturated carbocycles. The molecule has 1 aromatic carbocycles. The third-order valence-corrected chi connectivity index (χ3v) is 6.96. The van der Waals surface area contributed by atoms with Crippen molar-refractivity contribution in [1.82, 2.24) is 14.5 Å². The monoisotopic (exact) mass is 498 g/mol. The van der Waals surface area contributed by atoms with Gasteiger partial charge < -0.3 is 14.8 Å². The van der Waals surface area contributed by atoms with Crippen LogP contribution in [0.1, 0.15) is 10.4 Å². The quantitative estimate of drug-likeness (QED) is 0.597. The van der Waals surface area contributed by atoms with Gasteiger partial charge in [-0.3, -0.25) is 4.79 Å². The highest BCUT2D eigenvalue weighted by Crippen LogP contribution is 2.29. The summed E-state index contributed by atoms with van der Waals surface area (Å²) < 4.78 is 26.2. The summed E-state index contributed by atoms with van der Waals surface area (Å²) in [6, 6.07) is 9.67. The lowest BCUT2D eigenvalue weighted by Gasteiger charge is -2.27. The summed E-state index contributed by atoms with van der Waals surface area (Å²) in [5.41, 5.74) is 2.12. The van der Waals surface area contributed by atoms with Gasteiger partial charge in [-0.1, -0.05) is 22.0 Å². The number of anilines is 2. The minimum Gasteiger partial charge on any atom is -0.350 e. The van der Waals surface area contributed by atoms with Gasteiger partial charge >= 0.3 is 0 Å². The van der Waals surface area contributed by atoms with E-state index >= 15 is 0 Å². The highest BCUT2D eigenvalue weighted by Gasteiger charge is 2.28. The number of aryl methyl sites for hydroxylation is 1. The number of pyridine rings is 1. The van der Waals surface area contributed by atoms with Crippen LogP contribution < -0.4 is 5.32 Å².